The molecule has 1 saturated heterocycles. The lowest BCUT2D eigenvalue weighted by atomic mass is 9.63. The number of nitrogens with zero attached hydrogens (tertiary/aromatic N) is 1. The van der Waals surface area contributed by atoms with Crippen molar-refractivity contribution in [2.75, 3.05) is 0 Å². The van der Waals surface area contributed by atoms with Gasteiger partial charge in [-0.3, -0.25) is 14.5 Å². The number of amides is 2. The van der Waals surface area contributed by atoms with Gasteiger partial charge in [-0.2, -0.15) is 0 Å². The zero-order valence-corrected chi connectivity index (χ0v) is 16.6. The van der Waals surface area contributed by atoms with Crippen molar-refractivity contribution in [2.24, 2.45) is 16.7 Å². The summed E-state index contributed by atoms with van der Waals surface area (Å²) in [5, 5.41) is 2.27. The van der Waals surface area contributed by atoms with Crippen LogP contribution < -0.4 is 0 Å². The van der Waals surface area contributed by atoms with Gasteiger partial charge < -0.3 is 0 Å². The Hall–Kier alpha value is -2.16. The molecule has 27 heavy (non-hydrogen) atoms. The molecule has 142 valence electrons. The normalized spacial score (nSPS) is 26.3. The molecule has 2 amide bonds. The lowest BCUT2D eigenvalue weighted by molar-refractivity contribution is -0.143. The van der Waals surface area contributed by atoms with Crippen molar-refractivity contribution >= 4 is 22.6 Å². The number of rotatable bonds is 2. The van der Waals surface area contributed by atoms with E-state index in [1.165, 1.54) is 4.90 Å². The largest absolute Gasteiger partial charge is 0.278 e. The van der Waals surface area contributed by atoms with Gasteiger partial charge in [0.25, 0.3) is 0 Å². The summed E-state index contributed by atoms with van der Waals surface area (Å²) in [6.07, 6.45) is 4.19. The van der Waals surface area contributed by atoms with Crippen molar-refractivity contribution < 1.29 is 9.59 Å². The van der Waals surface area contributed by atoms with Crippen LogP contribution >= 0.6 is 0 Å². The minimum absolute atomic E-state index is 0.00198. The molecule has 0 aromatic heterocycles. The Kier molecular flexibility index (Phi) is 4.37. The fourth-order valence-electron chi connectivity index (χ4n) is 5.05. The monoisotopic (exact) mass is 363 g/mol. The Morgan fingerprint density at radius 3 is 2.37 bits per heavy atom. The van der Waals surface area contributed by atoms with Crippen molar-refractivity contribution in [2.45, 2.75) is 59.4 Å². The third-order valence-electron chi connectivity index (χ3n) is 6.87. The minimum Gasteiger partial charge on any atom is -0.278 e. The molecule has 0 radical (unpaired) electrons. The van der Waals surface area contributed by atoms with Crippen molar-refractivity contribution in [3.8, 4) is 0 Å². The van der Waals surface area contributed by atoms with E-state index in [0.717, 1.165) is 42.0 Å². The second kappa shape index (κ2) is 6.47. The first kappa shape index (κ1) is 18.2. The molecule has 1 aliphatic heterocycles. The summed E-state index contributed by atoms with van der Waals surface area (Å²) in [7, 11) is 0. The Morgan fingerprint density at radius 1 is 1.00 bits per heavy atom. The Labute approximate surface area is 161 Å². The molecule has 1 saturated carbocycles. The summed E-state index contributed by atoms with van der Waals surface area (Å²) >= 11 is 0. The van der Waals surface area contributed by atoms with Crippen molar-refractivity contribution in [3.63, 3.8) is 0 Å². The van der Waals surface area contributed by atoms with Gasteiger partial charge in [0.05, 0.1) is 12.0 Å². The molecule has 0 bridgehead atoms. The van der Waals surface area contributed by atoms with Crippen LogP contribution in [0, 0.1) is 16.7 Å². The Bertz CT molecular complexity index is 879. The number of hydrogen-bond acceptors (Lipinski definition) is 2. The molecule has 0 N–H and O–H groups in total. The lowest BCUT2D eigenvalue weighted by Gasteiger charge is -2.40. The maximum atomic E-state index is 13.3. The van der Waals surface area contributed by atoms with E-state index >= 15 is 0 Å². The molecule has 3 nitrogen and oxygen atoms in total. The second-order valence-corrected chi connectivity index (χ2v) is 9.52. The number of imide groups is 1. The SMILES string of the molecule is CC(C)(C)C1CCC2(CC1)CC(=O)N(Cc1cccc3ccccc13)C2=O. The smallest absolute Gasteiger partial charge is 0.236 e. The van der Waals surface area contributed by atoms with Crippen LogP contribution in [-0.2, 0) is 16.1 Å². The third-order valence-corrected chi connectivity index (χ3v) is 6.87. The third kappa shape index (κ3) is 3.18. The van der Waals surface area contributed by atoms with Gasteiger partial charge in [0.2, 0.25) is 11.8 Å². The van der Waals surface area contributed by atoms with Crippen molar-refractivity contribution in [1.82, 2.24) is 4.90 Å². The molecule has 2 aliphatic rings. The molecule has 2 fully saturated rings. The Morgan fingerprint density at radius 2 is 1.67 bits per heavy atom. The van der Waals surface area contributed by atoms with Gasteiger partial charge in [-0.25, -0.2) is 0 Å². The van der Waals surface area contributed by atoms with Crippen LogP contribution in [0.15, 0.2) is 42.5 Å². The summed E-state index contributed by atoms with van der Waals surface area (Å²) < 4.78 is 0. The first-order valence-corrected chi connectivity index (χ1v) is 10.1. The zero-order chi connectivity index (χ0) is 19.2. The van der Waals surface area contributed by atoms with E-state index in [9.17, 15) is 9.59 Å². The number of carbonyl (C=O) groups excluding carboxylic acids is 2. The molecular weight excluding hydrogens is 334 g/mol. The van der Waals surface area contributed by atoms with Gasteiger partial charge in [-0.15, -0.1) is 0 Å². The van der Waals surface area contributed by atoms with Gasteiger partial charge in [0, 0.05) is 6.42 Å². The van der Waals surface area contributed by atoms with Crippen LogP contribution in [0.2, 0.25) is 0 Å². The molecule has 0 unspecified atom stereocenters. The van der Waals surface area contributed by atoms with Gasteiger partial charge in [0.15, 0.2) is 0 Å². The van der Waals surface area contributed by atoms with Crippen LogP contribution in [0.3, 0.4) is 0 Å². The van der Waals surface area contributed by atoms with E-state index in [2.05, 4.69) is 39.0 Å². The fraction of sp³-hybridized carbons (Fsp3) is 0.500. The van der Waals surface area contributed by atoms with E-state index in [4.69, 9.17) is 0 Å². The van der Waals surface area contributed by atoms with E-state index in [0.29, 0.717) is 18.9 Å². The molecule has 1 spiro atoms. The van der Waals surface area contributed by atoms with E-state index in [-0.39, 0.29) is 17.2 Å². The molecule has 2 aromatic carbocycles. The van der Waals surface area contributed by atoms with Gasteiger partial charge in [-0.05, 0) is 53.4 Å². The quantitative estimate of drug-likeness (QED) is 0.677. The van der Waals surface area contributed by atoms with Crippen molar-refractivity contribution in [3.05, 3.63) is 48.0 Å². The number of hydrogen-bond donors (Lipinski definition) is 0. The highest BCUT2D eigenvalue weighted by atomic mass is 16.2. The van der Waals surface area contributed by atoms with E-state index < -0.39 is 5.41 Å². The highest BCUT2D eigenvalue weighted by molar-refractivity contribution is 6.06. The molecule has 4 rings (SSSR count). The number of carbonyl (C=O) groups is 2. The zero-order valence-electron chi connectivity index (χ0n) is 16.6. The molecule has 1 heterocycles. The number of fused-ring (bicyclic) bond motifs is 1. The summed E-state index contributed by atoms with van der Waals surface area (Å²) in [5.41, 5.74) is 0.884. The molecular formula is C24H29NO2. The van der Waals surface area contributed by atoms with Gasteiger partial charge >= 0.3 is 0 Å². The highest BCUT2D eigenvalue weighted by Crippen LogP contribution is 2.50. The van der Waals surface area contributed by atoms with Gasteiger partial charge in [-0.1, -0.05) is 63.2 Å². The average molecular weight is 364 g/mol. The topological polar surface area (TPSA) is 37.4 Å². The average Bonchev–Trinajstić information content (AvgIpc) is 2.86. The maximum absolute atomic E-state index is 13.3. The van der Waals surface area contributed by atoms with Crippen LogP contribution in [0.4, 0.5) is 0 Å². The summed E-state index contributed by atoms with van der Waals surface area (Å²) in [6.45, 7) is 7.24. The fourth-order valence-corrected chi connectivity index (χ4v) is 5.05. The van der Waals surface area contributed by atoms with Crippen LogP contribution in [-0.4, -0.2) is 16.7 Å². The molecule has 0 atom stereocenters. The molecule has 2 aromatic rings. The van der Waals surface area contributed by atoms with Crippen molar-refractivity contribution in [1.29, 1.82) is 0 Å². The predicted molar refractivity (Wildman–Crippen MR) is 108 cm³/mol. The summed E-state index contributed by atoms with van der Waals surface area (Å²) in [4.78, 5) is 27.6. The highest BCUT2D eigenvalue weighted by Gasteiger charge is 2.53. The first-order valence-electron chi connectivity index (χ1n) is 10.1. The summed E-state index contributed by atoms with van der Waals surface area (Å²) in [6, 6.07) is 14.3. The minimum atomic E-state index is -0.441. The molecule has 1 aliphatic carbocycles. The van der Waals surface area contributed by atoms with Gasteiger partial charge in [0.1, 0.15) is 0 Å². The first-order chi connectivity index (χ1) is 12.8. The lowest BCUT2D eigenvalue weighted by Crippen LogP contribution is -2.39. The predicted octanol–water partition coefficient (Wildman–Crippen LogP) is 5.32. The standard InChI is InChI=1S/C24H29NO2/c1-23(2,3)19-11-13-24(14-12-19)15-21(26)25(22(24)27)16-18-9-6-8-17-7-4-5-10-20(17)18/h4-10,19H,11-16H2,1-3H3. The van der Waals surface area contributed by atoms with E-state index in [1.807, 2.05) is 24.3 Å². The summed E-state index contributed by atoms with van der Waals surface area (Å²) in [5.74, 6) is 0.702. The second-order valence-electron chi connectivity index (χ2n) is 9.52. The van der Waals surface area contributed by atoms with Crippen LogP contribution in [0.25, 0.3) is 10.8 Å². The Balaban J connectivity index is 1.56. The molecule has 3 heteroatoms. The maximum Gasteiger partial charge on any atom is 0.236 e. The number of likely N-dealkylation sites (tertiary alicyclic amines) is 1. The van der Waals surface area contributed by atoms with Crippen LogP contribution in [0.5, 0.6) is 0 Å². The van der Waals surface area contributed by atoms with Crippen LogP contribution in [0.1, 0.15) is 58.4 Å². The number of benzene rings is 2. The van der Waals surface area contributed by atoms with E-state index in [1.54, 1.807) is 0 Å².